The standard InChI is InChI=1S/C15H16.2CNO/c1-2-15(13-9-5-3-6-10-13)14-11-7-4-8-12-14;2*2-1-3/h3-12,15H,2H2,1H3;;/q;2*-1. The fourth-order valence-electron chi connectivity index (χ4n) is 2.03. The number of rotatable bonds is 3. The fourth-order valence-corrected chi connectivity index (χ4v) is 2.03. The van der Waals surface area contributed by atoms with Crippen molar-refractivity contribution in [3.05, 3.63) is 82.6 Å². The Morgan fingerprint density at radius 3 is 1.33 bits per heavy atom. The number of nitrogens with zero attached hydrogens (tertiary/aromatic N) is 2. The van der Waals surface area contributed by atoms with Crippen molar-refractivity contribution in [3.63, 3.8) is 0 Å². The summed E-state index contributed by atoms with van der Waals surface area (Å²) in [7, 11) is 0. The Labute approximate surface area is 124 Å². The molecule has 4 heteroatoms. The molecule has 108 valence electrons. The van der Waals surface area contributed by atoms with E-state index < -0.39 is 0 Å². The normalized spacial score (nSPS) is 8.29. The quantitative estimate of drug-likeness (QED) is 0.629. The largest absolute Gasteiger partial charge is 0.724 e. The first-order valence-electron chi connectivity index (χ1n) is 6.37. The Bertz CT molecular complexity index is 504. The number of isocyanates is 2. The second-order valence-corrected chi connectivity index (χ2v) is 3.96. The maximum atomic E-state index is 8.24. The van der Waals surface area contributed by atoms with Gasteiger partial charge in [0, 0.05) is 5.92 Å². The van der Waals surface area contributed by atoms with Crippen LogP contribution in [0.4, 0.5) is 0 Å². The van der Waals surface area contributed by atoms with Gasteiger partial charge in [-0.3, -0.25) is 9.59 Å². The minimum Gasteiger partial charge on any atom is -0.724 e. The molecule has 0 heterocycles. The summed E-state index contributed by atoms with van der Waals surface area (Å²) in [5.74, 6) is 0.535. The molecule has 2 aromatic carbocycles. The maximum Gasteiger partial charge on any atom is 0.00867 e. The van der Waals surface area contributed by atoms with E-state index in [0.29, 0.717) is 18.1 Å². The van der Waals surface area contributed by atoms with Gasteiger partial charge in [-0.05, 0) is 29.7 Å². The van der Waals surface area contributed by atoms with Gasteiger partial charge in [-0.2, -0.15) is 0 Å². The van der Waals surface area contributed by atoms with E-state index in [1.165, 1.54) is 11.1 Å². The highest BCUT2D eigenvalue weighted by Crippen LogP contribution is 2.26. The first kappa shape index (κ1) is 18.2. The smallest absolute Gasteiger partial charge is 0.00867 e. The molecule has 4 nitrogen and oxygen atoms in total. The zero-order valence-electron chi connectivity index (χ0n) is 11.8. The number of hydrogen-bond acceptors (Lipinski definition) is 2. The van der Waals surface area contributed by atoms with Gasteiger partial charge in [0.05, 0.1) is 0 Å². The third-order valence-electron chi connectivity index (χ3n) is 2.81. The summed E-state index contributed by atoms with van der Waals surface area (Å²) in [6.45, 7) is 2.24. The summed E-state index contributed by atoms with van der Waals surface area (Å²) in [6, 6.07) is 21.4. The Kier molecular flexibility index (Phi) is 10.6. The molecule has 0 saturated heterocycles. The topological polar surface area (TPSA) is 78.7 Å². The molecule has 0 atom stereocenters. The van der Waals surface area contributed by atoms with E-state index in [1.54, 1.807) is 0 Å². The van der Waals surface area contributed by atoms with Crippen molar-refractivity contribution in [2.24, 2.45) is 0 Å². The lowest BCUT2D eigenvalue weighted by Gasteiger charge is -2.15. The minimum absolute atomic E-state index is 0.500. The van der Waals surface area contributed by atoms with Crippen LogP contribution in [0.2, 0.25) is 0 Å². The van der Waals surface area contributed by atoms with E-state index in [1.807, 2.05) is 0 Å². The van der Waals surface area contributed by atoms with Crippen LogP contribution in [0.5, 0.6) is 0 Å². The van der Waals surface area contributed by atoms with Crippen molar-refractivity contribution in [1.29, 1.82) is 0 Å². The highest BCUT2D eigenvalue weighted by molar-refractivity contribution is 5.37. The van der Waals surface area contributed by atoms with Crippen LogP contribution in [-0.2, 0) is 9.59 Å². The van der Waals surface area contributed by atoms with Crippen molar-refractivity contribution in [2.75, 3.05) is 0 Å². The second-order valence-electron chi connectivity index (χ2n) is 3.96. The summed E-state index contributed by atoms with van der Waals surface area (Å²) in [5.41, 5.74) is 2.82. The van der Waals surface area contributed by atoms with Crippen LogP contribution >= 0.6 is 0 Å². The van der Waals surface area contributed by atoms with Gasteiger partial charge in [-0.15, -0.1) is 0 Å². The summed E-state index contributed by atoms with van der Waals surface area (Å²) in [6.07, 6.45) is 2.15. The van der Waals surface area contributed by atoms with Gasteiger partial charge in [0.2, 0.25) is 0 Å². The highest BCUT2D eigenvalue weighted by Gasteiger charge is 2.10. The van der Waals surface area contributed by atoms with E-state index in [0.717, 1.165) is 6.42 Å². The zero-order valence-corrected chi connectivity index (χ0v) is 11.8. The molecule has 0 N–H and O–H groups in total. The highest BCUT2D eigenvalue weighted by atomic mass is 16.1. The SMILES string of the molecule is CCC(c1ccccc1)c1ccccc1.[N-]=C=O.[N-]=C=O. The molecule has 2 aromatic rings. The third kappa shape index (κ3) is 7.38. The van der Waals surface area contributed by atoms with Gasteiger partial charge in [-0.1, -0.05) is 67.6 Å². The van der Waals surface area contributed by atoms with Crippen molar-refractivity contribution in [2.45, 2.75) is 19.3 Å². The lowest BCUT2D eigenvalue weighted by Crippen LogP contribution is -1.98. The van der Waals surface area contributed by atoms with Gasteiger partial charge in [0.25, 0.3) is 0 Å². The molecule has 0 unspecified atom stereocenters. The first-order valence-corrected chi connectivity index (χ1v) is 6.37. The molecular weight excluding hydrogens is 264 g/mol. The predicted octanol–water partition coefficient (Wildman–Crippen LogP) is 4.01. The zero-order chi connectivity index (χ0) is 15.9. The number of carbonyl (C=O) groups excluding carboxylic acids is 2. The lowest BCUT2D eigenvalue weighted by atomic mass is 9.89. The van der Waals surface area contributed by atoms with Gasteiger partial charge < -0.3 is 10.8 Å². The molecule has 0 bridgehead atoms. The molecule has 0 spiro atoms. The molecule has 0 amide bonds. The average molecular weight is 280 g/mol. The maximum absolute atomic E-state index is 8.24. The summed E-state index contributed by atoms with van der Waals surface area (Å²) >= 11 is 0. The van der Waals surface area contributed by atoms with Gasteiger partial charge in [-0.25, -0.2) is 0 Å². The lowest BCUT2D eigenvalue weighted by molar-refractivity contribution is 0.568. The van der Waals surface area contributed by atoms with Gasteiger partial charge in [0.15, 0.2) is 0 Å². The average Bonchev–Trinajstić information content (AvgIpc) is 2.52. The third-order valence-corrected chi connectivity index (χ3v) is 2.81. The molecule has 0 fully saturated rings. The summed E-state index contributed by atoms with van der Waals surface area (Å²) in [5, 5.41) is 13.5. The molecular formula is C17H16N2O2-2. The van der Waals surface area contributed by atoms with E-state index in [4.69, 9.17) is 20.4 Å². The molecule has 0 aliphatic heterocycles. The monoisotopic (exact) mass is 280 g/mol. The predicted molar refractivity (Wildman–Crippen MR) is 83.1 cm³/mol. The van der Waals surface area contributed by atoms with Crippen LogP contribution in [0.15, 0.2) is 60.7 Å². The van der Waals surface area contributed by atoms with Crippen LogP contribution in [-0.4, -0.2) is 12.2 Å². The Balaban J connectivity index is 0.000000578. The van der Waals surface area contributed by atoms with Gasteiger partial charge in [0.1, 0.15) is 0 Å². The molecule has 0 aromatic heterocycles. The minimum atomic E-state index is 0.500. The van der Waals surface area contributed by atoms with Crippen molar-refractivity contribution >= 4 is 12.2 Å². The number of benzene rings is 2. The van der Waals surface area contributed by atoms with Crippen molar-refractivity contribution < 1.29 is 9.59 Å². The van der Waals surface area contributed by atoms with E-state index in [-0.39, 0.29) is 0 Å². The molecule has 0 aliphatic rings. The Morgan fingerprint density at radius 2 is 1.10 bits per heavy atom. The van der Waals surface area contributed by atoms with E-state index in [9.17, 15) is 0 Å². The molecule has 0 aliphatic carbocycles. The molecule has 2 rings (SSSR count). The molecule has 0 radical (unpaired) electrons. The number of hydrogen-bond donors (Lipinski definition) is 0. The van der Waals surface area contributed by atoms with Crippen LogP contribution in [0.1, 0.15) is 30.4 Å². The summed E-state index contributed by atoms with van der Waals surface area (Å²) in [4.78, 5) is 16.5. The Hall–Kier alpha value is -2.80. The van der Waals surface area contributed by atoms with Crippen LogP contribution in [0.25, 0.3) is 10.8 Å². The summed E-state index contributed by atoms with van der Waals surface area (Å²) < 4.78 is 0. The van der Waals surface area contributed by atoms with Crippen LogP contribution in [0, 0.1) is 0 Å². The second kappa shape index (κ2) is 12.2. The fraction of sp³-hybridized carbons (Fsp3) is 0.176. The van der Waals surface area contributed by atoms with Crippen LogP contribution < -0.4 is 0 Å². The first-order chi connectivity index (χ1) is 10.2. The molecule has 21 heavy (non-hydrogen) atoms. The van der Waals surface area contributed by atoms with E-state index in [2.05, 4.69) is 67.6 Å². The van der Waals surface area contributed by atoms with Gasteiger partial charge >= 0.3 is 0 Å². The van der Waals surface area contributed by atoms with Crippen molar-refractivity contribution in [3.8, 4) is 0 Å². The van der Waals surface area contributed by atoms with Crippen molar-refractivity contribution in [1.82, 2.24) is 0 Å². The van der Waals surface area contributed by atoms with E-state index >= 15 is 0 Å². The van der Waals surface area contributed by atoms with Crippen LogP contribution in [0.3, 0.4) is 0 Å². The molecule has 0 saturated carbocycles. The Morgan fingerprint density at radius 1 is 0.810 bits per heavy atom.